The summed E-state index contributed by atoms with van der Waals surface area (Å²) in [6.45, 7) is 4.51. The van der Waals surface area contributed by atoms with Gasteiger partial charge in [0, 0.05) is 35.1 Å². The van der Waals surface area contributed by atoms with Gasteiger partial charge in [0.2, 0.25) is 6.79 Å². The first-order valence-corrected chi connectivity index (χ1v) is 10.3. The zero-order valence-electron chi connectivity index (χ0n) is 16.3. The fraction of sp³-hybridized carbons (Fsp3) is 0.348. The molecular formula is C23H23ClN2O3. The van der Waals surface area contributed by atoms with E-state index < -0.39 is 5.60 Å². The topological polar surface area (TPSA) is 54.8 Å². The fourth-order valence-corrected chi connectivity index (χ4v) is 4.41. The van der Waals surface area contributed by atoms with Gasteiger partial charge in [0.05, 0.1) is 16.8 Å². The summed E-state index contributed by atoms with van der Waals surface area (Å²) < 4.78 is 11.1. The van der Waals surface area contributed by atoms with Crippen molar-refractivity contribution in [3.63, 3.8) is 0 Å². The lowest BCUT2D eigenvalue weighted by atomic mass is 9.94. The summed E-state index contributed by atoms with van der Waals surface area (Å²) in [6, 6.07) is 13.9. The number of likely N-dealkylation sites (tertiary alicyclic amines) is 1. The molecule has 0 bridgehead atoms. The number of ether oxygens (including phenoxy) is 2. The smallest absolute Gasteiger partial charge is 0.231 e. The molecule has 150 valence electrons. The molecule has 1 atom stereocenters. The predicted molar refractivity (Wildman–Crippen MR) is 113 cm³/mol. The number of nitrogens with zero attached hydrogens (tertiary/aromatic N) is 2. The van der Waals surface area contributed by atoms with Crippen LogP contribution in [0.4, 0.5) is 0 Å². The van der Waals surface area contributed by atoms with E-state index >= 15 is 0 Å². The Morgan fingerprint density at radius 2 is 1.90 bits per heavy atom. The van der Waals surface area contributed by atoms with Gasteiger partial charge in [0.25, 0.3) is 0 Å². The van der Waals surface area contributed by atoms with Crippen LogP contribution in [0.25, 0.3) is 22.2 Å². The highest BCUT2D eigenvalue weighted by Crippen LogP contribution is 2.37. The van der Waals surface area contributed by atoms with Crippen LogP contribution in [-0.4, -0.2) is 40.5 Å². The molecule has 6 heteroatoms. The van der Waals surface area contributed by atoms with Crippen molar-refractivity contribution in [2.24, 2.45) is 0 Å². The number of hydrogen-bond donors (Lipinski definition) is 1. The fourth-order valence-electron chi connectivity index (χ4n) is 4.29. The summed E-state index contributed by atoms with van der Waals surface area (Å²) in [7, 11) is 0. The van der Waals surface area contributed by atoms with E-state index in [4.69, 9.17) is 26.1 Å². The summed E-state index contributed by atoms with van der Waals surface area (Å²) in [6.07, 6.45) is 1.83. The van der Waals surface area contributed by atoms with Crippen LogP contribution in [-0.2, 0) is 6.54 Å². The number of aromatic nitrogens is 1. The first-order chi connectivity index (χ1) is 14.0. The molecule has 0 radical (unpaired) electrons. The molecule has 1 N–H and O–H groups in total. The number of halogens is 1. The van der Waals surface area contributed by atoms with Crippen molar-refractivity contribution in [2.45, 2.75) is 31.9 Å². The molecule has 0 saturated carbocycles. The lowest BCUT2D eigenvalue weighted by Gasteiger charge is -2.37. The third-order valence-corrected chi connectivity index (χ3v) is 5.91. The minimum absolute atomic E-state index is 0.241. The van der Waals surface area contributed by atoms with Gasteiger partial charge in [0.1, 0.15) is 0 Å². The molecule has 2 aliphatic rings. The number of piperidine rings is 1. The first kappa shape index (κ1) is 18.7. The Morgan fingerprint density at radius 1 is 1.14 bits per heavy atom. The molecule has 3 aromatic rings. The van der Waals surface area contributed by atoms with Gasteiger partial charge in [-0.1, -0.05) is 23.7 Å². The van der Waals surface area contributed by atoms with Crippen molar-refractivity contribution in [3.8, 4) is 22.8 Å². The summed E-state index contributed by atoms with van der Waals surface area (Å²) in [5.41, 5.74) is 3.30. The third kappa shape index (κ3) is 3.78. The number of benzene rings is 2. The quantitative estimate of drug-likeness (QED) is 0.682. The van der Waals surface area contributed by atoms with E-state index in [-0.39, 0.29) is 6.79 Å². The van der Waals surface area contributed by atoms with Gasteiger partial charge < -0.3 is 14.6 Å². The van der Waals surface area contributed by atoms with Gasteiger partial charge in [-0.2, -0.15) is 0 Å². The average molecular weight is 411 g/mol. The third-order valence-electron chi connectivity index (χ3n) is 5.65. The molecular weight excluding hydrogens is 388 g/mol. The lowest BCUT2D eigenvalue weighted by Crippen LogP contribution is -2.45. The highest BCUT2D eigenvalue weighted by Gasteiger charge is 2.29. The summed E-state index contributed by atoms with van der Waals surface area (Å²) >= 11 is 6.10. The Kier molecular flexibility index (Phi) is 4.62. The van der Waals surface area contributed by atoms with E-state index in [0.29, 0.717) is 11.6 Å². The SMILES string of the molecule is C[C@@]1(O)CCCN(Cc2cc3cc4c(cc3nc2-c2ccc(Cl)cc2)OCO4)C1. The Bertz CT molecular complexity index is 1070. The van der Waals surface area contributed by atoms with Crippen LogP contribution < -0.4 is 9.47 Å². The molecule has 2 aromatic carbocycles. The Hall–Kier alpha value is -2.34. The molecule has 3 heterocycles. The number of β-amino-alcohol motifs (C(OH)–C–C–N with tert-alkyl or cyclic N) is 1. The van der Waals surface area contributed by atoms with Crippen LogP contribution in [0, 0.1) is 0 Å². The maximum Gasteiger partial charge on any atom is 0.231 e. The van der Waals surface area contributed by atoms with E-state index in [1.54, 1.807) is 0 Å². The van der Waals surface area contributed by atoms with Gasteiger partial charge in [-0.15, -0.1) is 0 Å². The Morgan fingerprint density at radius 3 is 2.66 bits per heavy atom. The van der Waals surface area contributed by atoms with Crippen LogP contribution in [0.3, 0.4) is 0 Å². The van der Waals surface area contributed by atoms with Crippen molar-refractivity contribution >= 4 is 22.5 Å². The Labute approximate surface area is 174 Å². The van der Waals surface area contributed by atoms with Gasteiger partial charge >= 0.3 is 0 Å². The van der Waals surface area contributed by atoms with Gasteiger partial charge in [0.15, 0.2) is 11.5 Å². The van der Waals surface area contributed by atoms with Gasteiger partial charge in [-0.25, -0.2) is 4.98 Å². The molecule has 0 spiro atoms. The van der Waals surface area contributed by atoms with Gasteiger partial charge in [-0.05, 0) is 56.1 Å². The zero-order valence-corrected chi connectivity index (χ0v) is 17.1. The lowest BCUT2D eigenvalue weighted by molar-refractivity contribution is -0.0181. The monoisotopic (exact) mass is 410 g/mol. The van der Waals surface area contributed by atoms with Crippen molar-refractivity contribution in [1.82, 2.24) is 9.88 Å². The van der Waals surface area contributed by atoms with E-state index in [1.807, 2.05) is 43.3 Å². The van der Waals surface area contributed by atoms with Crippen molar-refractivity contribution < 1.29 is 14.6 Å². The summed E-state index contributed by atoms with van der Waals surface area (Å²) in [5.74, 6) is 1.48. The van der Waals surface area contributed by atoms with Crippen molar-refractivity contribution in [3.05, 3.63) is 53.1 Å². The van der Waals surface area contributed by atoms with Crippen molar-refractivity contribution in [2.75, 3.05) is 19.9 Å². The van der Waals surface area contributed by atoms with E-state index in [9.17, 15) is 5.11 Å². The van der Waals surface area contributed by atoms with Crippen LogP contribution in [0.5, 0.6) is 11.5 Å². The summed E-state index contributed by atoms with van der Waals surface area (Å²) in [5, 5.41) is 12.2. The number of pyridine rings is 1. The molecule has 1 fully saturated rings. The molecule has 1 saturated heterocycles. The normalized spacial score (nSPS) is 21.6. The molecule has 2 aliphatic heterocycles. The highest BCUT2D eigenvalue weighted by atomic mass is 35.5. The van der Waals surface area contributed by atoms with Crippen LogP contribution in [0.1, 0.15) is 25.3 Å². The highest BCUT2D eigenvalue weighted by molar-refractivity contribution is 6.30. The maximum absolute atomic E-state index is 10.5. The summed E-state index contributed by atoms with van der Waals surface area (Å²) in [4.78, 5) is 7.29. The molecule has 0 unspecified atom stereocenters. The zero-order chi connectivity index (χ0) is 20.0. The maximum atomic E-state index is 10.5. The van der Waals surface area contributed by atoms with E-state index in [0.717, 1.165) is 65.2 Å². The van der Waals surface area contributed by atoms with Crippen molar-refractivity contribution in [1.29, 1.82) is 0 Å². The molecule has 0 amide bonds. The number of aliphatic hydroxyl groups is 1. The Balaban J connectivity index is 1.60. The molecule has 0 aliphatic carbocycles. The number of hydrogen-bond acceptors (Lipinski definition) is 5. The number of fused-ring (bicyclic) bond motifs is 2. The van der Waals surface area contributed by atoms with Gasteiger partial charge in [-0.3, -0.25) is 4.90 Å². The molecule has 1 aromatic heterocycles. The minimum Gasteiger partial charge on any atom is -0.454 e. The van der Waals surface area contributed by atoms with E-state index in [2.05, 4.69) is 11.0 Å². The van der Waals surface area contributed by atoms with E-state index in [1.165, 1.54) is 0 Å². The van der Waals surface area contributed by atoms with Crippen LogP contribution in [0.15, 0.2) is 42.5 Å². The van der Waals surface area contributed by atoms with Crippen LogP contribution >= 0.6 is 11.6 Å². The second kappa shape index (κ2) is 7.17. The first-order valence-electron chi connectivity index (χ1n) is 9.91. The second-order valence-electron chi connectivity index (χ2n) is 8.21. The molecule has 5 rings (SSSR count). The minimum atomic E-state index is -0.644. The average Bonchev–Trinajstić information content (AvgIpc) is 3.13. The molecule has 5 nitrogen and oxygen atoms in total. The largest absolute Gasteiger partial charge is 0.454 e. The van der Waals surface area contributed by atoms with Crippen LogP contribution in [0.2, 0.25) is 5.02 Å². The predicted octanol–water partition coefficient (Wildman–Crippen LogP) is 4.63. The molecule has 29 heavy (non-hydrogen) atoms. The second-order valence-corrected chi connectivity index (χ2v) is 8.65. The standard InChI is InChI=1S/C23H23ClN2O3/c1-23(27)7-2-8-26(13-23)12-17-9-16-10-20-21(29-14-28-20)11-19(16)25-22(17)15-3-5-18(24)6-4-15/h3-6,9-11,27H,2,7-8,12-14H2,1H3/t23-/m1/s1. The number of rotatable bonds is 3.